The zero-order valence-electron chi connectivity index (χ0n) is 18.1. The second-order valence-corrected chi connectivity index (χ2v) is 7.95. The molecule has 7 nitrogen and oxygen atoms in total. The first-order valence-corrected chi connectivity index (χ1v) is 10.8. The van der Waals surface area contributed by atoms with E-state index in [1.807, 2.05) is 59.5 Å². The molecule has 1 saturated heterocycles. The third kappa shape index (κ3) is 4.94. The van der Waals surface area contributed by atoms with Crippen LogP contribution in [0, 0.1) is 0 Å². The highest BCUT2D eigenvalue weighted by molar-refractivity contribution is 6.30. The average molecular weight is 453 g/mol. The summed E-state index contributed by atoms with van der Waals surface area (Å²) in [5, 5.41) is 9.44. The van der Waals surface area contributed by atoms with Crippen molar-refractivity contribution in [2.75, 3.05) is 45.3 Å². The third-order valence-corrected chi connectivity index (χ3v) is 5.80. The number of hydrogen-bond acceptors (Lipinski definition) is 6. The lowest BCUT2D eigenvalue weighted by Crippen LogP contribution is -2.49. The van der Waals surface area contributed by atoms with E-state index in [-0.39, 0.29) is 5.91 Å². The normalized spacial score (nSPS) is 13.7. The minimum Gasteiger partial charge on any atom is -0.493 e. The molecular formula is C24H25ClN4O3. The summed E-state index contributed by atoms with van der Waals surface area (Å²) in [5.74, 6) is 2.19. The van der Waals surface area contributed by atoms with E-state index in [1.165, 1.54) is 0 Å². The molecule has 0 saturated carbocycles. The lowest BCUT2D eigenvalue weighted by Gasteiger charge is -2.35. The molecule has 0 radical (unpaired) electrons. The van der Waals surface area contributed by atoms with Crippen LogP contribution in [0.25, 0.3) is 11.3 Å². The molecule has 8 heteroatoms. The Hall–Kier alpha value is -3.32. The van der Waals surface area contributed by atoms with Crippen molar-refractivity contribution in [3.63, 3.8) is 0 Å². The molecule has 1 amide bonds. The maximum atomic E-state index is 12.8. The Morgan fingerprint density at radius 3 is 2.25 bits per heavy atom. The molecule has 4 rings (SSSR count). The number of nitrogens with zero attached hydrogens (tertiary/aromatic N) is 4. The molecule has 1 aliphatic heterocycles. The number of amides is 1. The number of halogens is 1. The van der Waals surface area contributed by atoms with Crippen molar-refractivity contribution < 1.29 is 14.3 Å². The molecule has 0 spiro atoms. The minimum absolute atomic E-state index is 0.0982. The molecule has 0 N–H and O–H groups in total. The first-order valence-electron chi connectivity index (χ1n) is 10.4. The molecule has 1 aliphatic rings. The number of ether oxygens (including phenoxy) is 2. The number of benzene rings is 2. The van der Waals surface area contributed by atoms with Crippen LogP contribution in [0.5, 0.6) is 11.5 Å². The van der Waals surface area contributed by atoms with E-state index < -0.39 is 0 Å². The van der Waals surface area contributed by atoms with Gasteiger partial charge in [0, 0.05) is 36.8 Å². The standard InChI is InChI=1S/C24H25ClN4O3/c1-31-21-9-3-17(15-22(21)32-2)16-24(30)29-13-11-28(12-14-29)23-10-8-20(26-27-23)18-4-6-19(25)7-5-18/h3-10,15H,11-14,16H2,1-2H3. The quantitative estimate of drug-likeness (QED) is 0.568. The summed E-state index contributed by atoms with van der Waals surface area (Å²) in [4.78, 5) is 16.8. The fraction of sp³-hybridized carbons (Fsp3) is 0.292. The van der Waals surface area contributed by atoms with Crippen molar-refractivity contribution in [1.29, 1.82) is 0 Å². The van der Waals surface area contributed by atoms with Crippen LogP contribution in [0.3, 0.4) is 0 Å². The van der Waals surface area contributed by atoms with Crippen molar-refractivity contribution in [1.82, 2.24) is 15.1 Å². The molecule has 32 heavy (non-hydrogen) atoms. The predicted octanol–water partition coefficient (Wildman–Crippen LogP) is 3.71. The summed E-state index contributed by atoms with van der Waals surface area (Å²) in [6.07, 6.45) is 0.329. The monoisotopic (exact) mass is 452 g/mol. The highest BCUT2D eigenvalue weighted by atomic mass is 35.5. The summed E-state index contributed by atoms with van der Waals surface area (Å²) in [6.45, 7) is 2.72. The fourth-order valence-electron chi connectivity index (χ4n) is 3.73. The zero-order valence-corrected chi connectivity index (χ0v) is 18.9. The van der Waals surface area contributed by atoms with Gasteiger partial charge >= 0.3 is 0 Å². The SMILES string of the molecule is COc1ccc(CC(=O)N2CCN(c3ccc(-c4ccc(Cl)cc4)nn3)CC2)cc1OC. The minimum atomic E-state index is 0.0982. The smallest absolute Gasteiger partial charge is 0.227 e. The first kappa shape index (κ1) is 21.9. The van der Waals surface area contributed by atoms with Crippen LogP contribution in [0.4, 0.5) is 5.82 Å². The summed E-state index contributed by atoms with van der Waals surface area (Å²) in [5.41, 5.74) is 2.67. The number of aromatic nitrogens is 2. The van der Waals surface area contributed by atoms with Gasteiger partial charge in [0.05, 0.1) is 26.3 Å². The van der Waals surface area contributed by atoms with Crippen molar-refractivity contribution in [2.24, 2.45) is 0 Å². The van der Waals surface area contributed by atoms with Gasteiger partial charge in [-0.3, -0.25) is 4.79 Å². The van der Waals surface area contributed by atoms with Gasteiger partial charge in [0.15, 0.2) is 17.3 Å². The molecule has 2 aromatic carbocycles. The van der Waals surface area contributed by atoms with Gasteiger partial charge in [0.2, 0.25) is 5.91 Å². The van der Waals surface area contributed by atoms with E-state index in [2.05, 4.69) is 15.1 Å². The lowest BCUT2D eigenvalue weighted by molar-refractivity contribution is -0.130. The molecule has 0 aliphatic carbocycles. The van der Waals surface area contributed by atoms with E-state index in [0.29, 0.717) is 49.1 Å². The van der Waals surface area contributed by atoms with Crippen LogP contribution in [-0.4, -0.2) is 61.4 Å². The number of piperazine rings is 1. The Bertz CT molecular complexity index is 1070. The molecule has 0 unspecified atom stereocenters. The number of methoxy groups -OCH3 is 2. The van der Waals surface area contributed by atoms with Gasteiger partial charge in [0.1, 0.15) is 0 Å². The maximum Gasteiger partial charge on any atom is 0.227 e. The molecular weight excluding hydrogens is 428 g/mol. The van der Waals surface area contributed by atoms with E-state index in [9.17, 15) is 4.79 Å². The van der Waals surface area contributed by atoms with Crippen LogP contribution in [0.15, 0.2) is 54.6 Å². The van der Waals surface area contributed by atoms with Crippen LogP contribution >= 0.6 is 11.6 Å². The summed E-state index contributed by atoms with van der Waals surface area (Å²) in [6, 6.07) is 17.0. The second-order valence-electron chi connectivity index (χ2n) is 7.52. The third-order valence-electron chi connectivity index (χ3n) is 5.55. The largest absolute Gasteiger partial charge is 0.493 e. The van der Waals surface area contributed by atoms with E-state index >= 15 is 0 Å². The topological polar surface area (TPSA) is 67.8 Å². The van der Waals surface area contributed by atoms with Crippen LogP contribution in [-0.2, 0) is 11.2 Å². The molecule has 1 fully saturated rings. The number of rotatable bonds is 6. The Morgan fingerprint density at radius 2 is 1.62 bits per heavy atom. The Kier molecular flexibility index (Phi) is 6.75. The first-order chi connectivity index (χ1) is 15.6. The van der Waals surface area contributed by atoms with Crippen LogP contribution in [0.1, 0.15) is 5.56 Å². The molecule has 166 valence electrons. The molecule has 3 aromatic rings. The lowest BCUT2D eigenvalue weighted by atomic mass is 10.1. The van der Waals surface area contributed by atoms with Gasteiger partial charge in [-0.05, 0) is 42.0 Å². The summed E-state index contributed by atoms with van der Waals surface area (Å²) in [7, 11) is 3.19. The number of carbonyl (C=O) groups excluding carboxylic acids is 1. The van der Waals surface area contributed by atoms with Gasteiger partial charge in [-0.2, -0.15) is 0 Å². The molecule has 0 atom stereocenters. The van der Waals surface area contributed by atoms with E-state index in [0.717, 1.165) is 22.6 Å². The average Bonchev–Trinajstić information content (AvgIpc) is 2.84. The summed E-state index contributed by atoms with van der Waals surface area (Å²) < 4.78 is 10.6. The van der Waals surface area contributed by atoms with Crippen molar-refractivity contribution >= 4 is 23.3 Å². The molecule has 1 aromatic heterocycles. The molecule has 2 heterocycles. The van der Waals surface area contributed by atoms with Gasteiger partial charge in [-0.1, -0.05) is 29.8 Å². The summed E-state index contributed by atoms with van der Waals surface area (Å²) >= 11 is 5.95. The number of anilines is 1. The Balaban J connectivity index is 1.33. The van der Waals surface area contributed by atoms with Crippen molar-refractivity contribution in [3.8, 4) is 22.8 Å². The zero-order chi connectivity index (χ0) is 22.5. The Labute approximate surface area is 192 Å². The van der Waals surface area contributed by atoms with E-state index in [1.54, 1.807) is 14.2 Å². The number of carbonyl (C=O) groups is 1. The van der Waals surface area contributed by atoms with Crippen molar-refractivity contribution in [2.45, 2.75) is 6.42 Å². The Morgan fingerprint density at radius 1 is 0.906 bits per heavy atom. The van der Waals surface area contributed by atoms with Gasteiger partial charge < -0.3 is 19.3 Å². The van der Waals surface area contributed by atoms with E-state index in [4.69, 9.17) is 21.1 Å². The van der Waals surface area contributed by atoms with Gasteiger partial charge in [-0.25, -0.2) is 0 Å². The van der Waals surface area contributed by atoms with Gasteiger partial charge in [-0.15, -0.1) is 10.2 Å². The van der Waals surface area contributed by atoms with Crippen LogP contribution in [0.2, 0.25) is 5.02 Å². The second kappa shape index (κ2) is 9.87. The highest BCUT2D eigenvalue weighted by Crippen LogP contribution is 2.28. The number of hydrogen-bond donors (Lipinski definition) is 0. The maximum absolute atomic E-state index is 12.8. The molecule has 0 bridgehead atoms. The highest BCUT2D eigenvalue weighted by Gasteiger charge is 2.22. The van der Waals surface area contributed by atoms with Crippen molar-refractivity contribution in [3.05, 3.63) is 65.2 Å². The van der Waals surface area contributed by atoms with Gasteiger partial charge in [0.25, 0.3) is 0 Å². The fourth-order valence-corrected chi connectivity index (χ4v) is 3.86. The predicted molar refractivity (Wildman–Crippen MR) is 125 cm³/mol. The van der Waals surface area contributed by atoms with Crippen LogP contribution < -0.4 is 14.4 Å².